The summed E-state index contributed by atoms with van der Waals surface area (Å²) >= 11 is 3.41. The van der Waals surface area contributed by atoms with Crippen LogP contribution in [0.2, 0.25) is 0 Å². The number of carboxylic acid groups (broad SMARTS) is 1. The molecule has 102 valence electrons. The molecule has 1 aromatic carbocycles. The van der Waals surface area contributed by atoms with E-state index < -0.39 is 11.4 Å². The van der Waals surface area contributed by atoms with Crippen molar-refractivity contribution in [2.45, 2.75) is 25.7 Å². The average Bonchev–Trinajstić information content (AvgIpc) is 3.16. The number of nitrogens with one attached hydrogen (secondary N) is 1. The Morgan fingerprint density at radius 1 is 1.37 bits per heavy atom. The first-order chi connectivity index (χ1) is 9.04. The summed E-state index contributed by atoms with van der Waals surface area (Å²) in [6.07, 6.45) is 2.58. The van der Waals surface area contributed by atoms with E-state index in [1.807, 2.05) is 24.3 Å². The highest BCUT2D eigenvalue weighted by molar-refractivity contribution is 9.10. The fraction of sp³-hybridized carbons (Fsp3) is 0.429. The molecule has 1 fully saturated rings. The Morgan fingerprint density at radius 2 is 2.11 bits per heavy atom. The van der Waals surface area contributed by atoms with Crippen molar-refractivity contribution in [3.8, 4) is 0 Å². The molecular formula is C14H16BrNO3. The van der Waals surface area contributed by atoms with Gasteiger partial charge in [-0.3, -0.25) is 9.59 Å². The molecule has 2 N–H and O–H groups in total. The Kier molecular flexibility index (Phi) is 4.24. The van der Waals surface area contributed by atoms with Gasteiger partial charge in [0, 0.05) is 11.0 Å². The van der Waals surface area contributed by atoms with Gasteiger partial charge in [0.2, 0.25) is 5.91 Å². The van der Waals surface area contributed by atoms with E-state index in [9.17, 15) is 9.59 Å². The number of rotatable bonds is 6. The summed E-state index contributed by atoms with van der Waals surface area (Å²) in [6, 6.07) is 8.02. The summed E-state index contributed by atoms with van der Waals surface area (Å²) in [7, 11) is 0. The fourth-order valence-electron chi connectivity index (χ4n) is 2.02. The lowest BCUT2D eigenvalue weighted by Crippen LogP contribution is -2.37. The first-order valence-electron chi connectivity index (χ1n) is 6.31. The van der Waals surface area contributed by atoms with Crippen LogP contribution in [0.25, 0.3) is 0 Å². The van der Waals surface area contributed by atoms with E-state index >= 15 is 0 Å². The number of halogens is 1. The summed E-state index contributed by atoms with van der Waals surface area (Å²) in [6.45, 7) is 0.514. The second kappa shape index (κ2) is 5.74. The maximum absolute atomic E-state index is 11.7. The molecule has 1 amide bonds. The minimum Gasteiger partial charge on any atom is -0.480 e. The summed E-state index contributed by atoms with van der Waals surface area (Å²) in [5.74, 6) is -1.34. The zero-order valence-corrected chi connectivity index (χ0v) is 12.1. The predicted octanol–water partition coefficient (Wildman–Crippen LogP) is 2.36. The number of aryl methyl sites for hydroxylation is 1. The molecule has 0 aliphatic heterocycles. The summed E-state index contributed by atoms with van der Waals surface area (Å²) in [5, 5.41) is 11.7. The number of benzene rings is 1. The van der Waals surface area contributed by atoms with Gasteiger partial charge in [0.1, 0.15) is 5.41 Å². The van der Waals surface area contributed by atoms with E-state index in [1.165, 1.54) is 5.56 Å². The predicted molar refractivity (Wildman–Crippen MR) is 74.8 cm³/mol. The lowest BCUT2D eigenvalue weighted by molar-refractivity contribution is -0.149. The van der Waals surface area contributed by atoms with Gasteiger partial charge < -0.3 is 10.4 Å². The maximum Gasteiger partial charge on any atom is 0.319 e. The molecule has 1 saturated carbocycles. The Labute approximate surface area is 120 Å². The van der Waals surface area contributed by atoms with Crippen LogP contribution < -0.4 is 5.32 Å². The molecule has 2 rings (SSSR count). The molecule has 4 nitrogen and oxygen atoms in total. The van der Waals surface area contributed by atoms with Gasteiger partial charge in [0.05, 0.1) is 0 Å². The normalized spacial score (nSPS) is 15.8. The van der Waals surface area contributed by atoms with Gasteiger partial charge in [0.25, 0.3) is 0 Å². The average molecular weight is 326 g/mol. The van der Waals surface area contributed by atoms with Crippen molar-refractivity contribution in [3.05, 3.63) is 34.3 Å². The van der Waals surface area contributed by atoms with Gasteiger partial charge >= 0.3 is 5.97 Å². The van der Waals surface area contributed by atoms with Crippen LogP contribution in [-0.4, -0.2) is 23.5 Å². The second-order valence-corrected chi connectivity index (χ2v) is 5.79. The van der Waals surface area contributed by atoms with Gasteiger partial charge in [-0.1, -0.05) is 28.1 Å². The molecule has 1 aliphatic carbocycles. The highest BCUT2D eigenvalue weighted by Crippen LogP contribution is 2.46. The topological polar surface area (TPSA) is 66.4 Å². The number of amides is 1. The summed E-state index contributed by atoms with van der Waals surface area (Å²) in [4.78, 5) is 22.7. The third kappa shape index (κ3) is 3.35. The van der Waals surface area contributed by atoms with E-state index in [1.54, 1.807) is 0 Å². The largest absolute Gasteiger partial charge is 0.480 e. The molecular weight excluding hydrogens is 310 g/mol. The lowest BCUT2D eigenvalue weighted by Gasteiger charge is -2.10. The molecule has 0 bridgehead atoms. The number of hydrogen-bond acceptors (Lipinski definition) is 2. The molecule has 1 aliphatic rings. The standard InChI is InChI=1S/C14H16BrNO3/c15-11-5-1-3-10(9-11)4-2-8-16-12(17)14(6-7-14)13(18)19/h1,3,5,9H,2,4,6-8H2,(H,16,17)(H,18,19). The van der Waals surface area contributed by atoms with Crippen molar-refractivity contribution < 1.29 is 14.7 Å². The number of aliphatic carboxylic acids is 1. The van der Waals surface area contributed by atoms with Crippen molar-refractivity contribution in [2.75, 3.05) is 6.54 Å². The highest BCUT2D eigenvalue weighted by atomic mass is 79.9. The van der Waals surface area contributed by atoms with E-state index in [0.29, 0.717) is 19.4 Å². The minimum atomic E-state index is -1.13. The van der Waals surface area contributed by atoms with E-state index in [2.05, 4.69) is 21.2 Å². The molecule has 0 atom stereocenters. The van der Waals surface area contributed by atoms with Gasteiger partial charge in [-0.25, -0.2) is 0 Å². The number of carboxylic acids is 1. The SMILES string of the molecule is O=C(O)C1(C(=O)NCCCc2cccc(Br)c2)CC1. The minimum absolute atomic E-state index is 0.339. The van der Waals surface area contributed by atoms with Crippen molar-refractivity contribution in [1.29, 1.82) is 0 Å². The van der Waals surface area contributed by atoms with Crippen molar-refractivity contribution in [2.24, 2.45) is 5.41 Å². The molecule has 1 aromatic rings. The van der Waals surface area contributed by atoms with Crippen LogP contribution >= 0.6 is 15.9 Å². The second-order valence-electron chi connectivity index (χ2n) is 4.88. The maximum atomic E-state index is 11.7. The molecule has 0 radical (unpaired) electrons. The van der Waals surface area contributed by atoms with Gasteiger partial charge in [-0.05, 0) is 43.4 Å². The Hall–Kier alpha value is -1.36. The van der Waals surface area contributed by atoms with Crippen LogP contribution in [0.4, 0.5) is 0 Å². The van der Waals surface area contributed by atoms with Crippen LogP contribution in [0.15, 0.2) is 28.7 Å². The zero-order valence-electron chi connectivity index (χ0n) is 10.5. The molecule has 5 heteroatoms. The molecule has 0 aromatic heterocycles. The van der Waals surface area contributed by atoms with Crippen molar-refractivity contribution in [3.63, 3.8) is 0 Å². The third-order valence-electron chi connectivity index (χ3n) is 3.41. The molecule has 0 spiro atoms. The quantitative estimate of drug-likeness (QED) is 0.623. The number of carbonyl (C=O) groups excluding carboxylic acids is 1. The summed E-state index contributed by atoms with van der Waals surface area (Å²) in [5.41, 5.74) is 0.0680. The molecule has 0 unspecified atom stereocenters. The molecule has 19 heavy (non-hydrogen) atoms. The lowest BCUT2D eigenvalue weighted by atomic mass is 10.1. The van der Waals surface area contributed by atoms with Crippen LogP contribution in [-0.2, 0) is 16.0 Å². The third-order valence-corrected chi connectivity index (χ3v) is 3.90. The molecule has 0 heterocycles. The van der Waals surface area contributed by atoms with Gasteiger partial charge in [-0.15, -0.1) is 0 Å². The molecule has 0 saturated heterocycles. The van der Waals surface area contributed by atoms with Crippen molar-refractivity contribution in [1.82, 2.24) is 5.32 Å². The van der Waals surface area contributed by atoms with Crippen LogP contribution in [0.1, 0.15) is 24.8 Å². The highest BCUT2D eigenvalue weighted by Gasteiger charge is 2.56. The van der Waals surface area contributed by atoms with E-state index in [4.69, 9.17) is 5.11 Å². The van der Waals surface area contributed by atoms with E-state index in [0.717, 1.165) is 17.3 Å². The van der Waals surface area contributed by atoms with Crippen LogP contribution in [0.5, 0.6) is 0 Å². The number of carbonyl (C=O) groups is 2. The Balaban J connectivity index is 1.73. The fourth-order valence-corrected chi connectivity index (χ4v) is 2.47. The van der Waals surface area contributed by atoms with Crippen molar-refractivity contribution >= 4 is 27.8 Å². The Morgan fingerprint density at radius 3 is 2.68 bits per heavy atom. The van der Waals surface area contributed by atoms with Crippen LogP contribution in [0, 0.1) is 5.41 Å². The first-order valence-corrected chi connectivity index (χ1v) is 7.10. The van der Waals surface area contributed by atoms with Gasteiger partial charge in [-0.2, -0.15) is 0 Å². The van der Waals surface area contributed by atoms with Gasteiger partial charge in [0.15, 0.2) is 0 Å². The smallest absolute Gasteiger partial charge is 0.319 e. The van der Waals surface area contributed by atoms with E-state index in [-0.39, 0.29) is 5.91 Å². The zero-order chi connectivity index (χ0) is 13.9. The number of hydrogen-bond donors (Lipinski definition) is 2. The monoisotopic (exact) mass is 325 g/mol. The summed E-state index contributed by atoms with van der Waals surface area (Å²) < 4.78 is 1.04. The van der Waals surface area contributed by atoms with Crippen LogP contribution in [0.3, 0.4) is 0 Å². The first kappa shape index (κ1) is 14.1. The Bertz CT molecular complexity index is 497.